The van der Waals surface area contributed by atoms with E-state index in [0.29, 0.717) is 18.8 Å². The first-order chi connectivity index (χ1) is 33.3. The van der Waals surface area contributed by atoms with Gasteiger partial charge >= 0.3 is 35.5 Å². The first kappa shape index (κ1) is 62.6. The van der Waals surface area contributed by atoms with Crippen molar-refractivity contribution in [3.8, 4) is 11.5 Å². The standard InChI is InChI=1S/C31H46O5.C31H44O4.Na/c1-8-31(9-2,24-12-10-23(21(3)18-24)11-16-28(33)30(5,6)7)25-13-15-27(22(4)19-25)36-20-26(32)14-17-29(34)35;1-8-31(9-2,24-12-10-23(21(3)18-24)11-16-28(32)30(5,6)7)25-13-15-27(22(4)19-25)34-20-26-14-17-29(33)35-26;/h10,12-13,15,18-19,26,28,32-33H,8-9,11,14,16-17,20H2,1-7H3,(H,34,35);10,12-13,15,18-19,26,28,32H,8-9,11,14,16-17,20H2,1-7H3;/q;;+1/p-1/t2*26-,28?;/m11./s1. The second kappa shape index (κ2) is 27.7. The summed E-state index contributed by atoms with van der Waals surface area (Å²) in [6.07, 6.45) is 6.68. The molecule has 0 bridgehead atoms. The van der Waals surface area contributed by atoms with E-state index in [4.69, 9.17) is 14.2 Å². The predicted octanol–water partition coefficient (Wildman–Crippen LogP) is 8.86. The number of esters is 1. The van der Waals surface area contributed by atoms with Crippen LogP contribution in [-0.2, 0) is 38.0 Å². The molecule has 72 heavy (non-hydrogen) atoms. The summed E-state index contributed by atoms with van der Waals surface area (Å²) in [5.41, 5.74) is 12.0. The van der Waals surface area contributed by atoms with Crippen LogP contribution < -0.4 is 44.1 Å². The Morgan fingerprint density at radius 1 is 0.625 bits per heavy atom. The van der Waals surface area contributed by atoms with E-state index >= 15 is 0 Å². The van der Waals surface area contributed by atoms with Gasteiger partial charge in [0.1, 0.15) is 30.8 Å². The molecule has 0 aliphatic carbocycles. The first-order valence-corrected chi connectivity index (χ1v) is 26.4. The van der Waals surface area contributed by atoms with E-state index < -0.39 is 12.1 Å². The number of benzene rings is 4. The molecule has 2 unspecified atom stereocenters. The number of carboxylic acids is 1. The topological polar surface area (TPSA) is 146 Å². The number of aliphatic hydroxyl groups excluding tert-OH is 3. The van der Waals surface area contributed by atoms with Crippen LogP contribution in [0.15, 0.2) is 72.8 Å². The maximum atomic E-state index is 11.3. The van der Waals surface area contributed by atoms with E-state index in [9.17, 15) is 30.0 Å². The van der Waals surface area contributed by atoms with Crippen LogP contribution in [0.2, 0.25) is 0 Å². The summed E-state index contributed by atoms with van der Waals surface area (Å²) in [7, 11) is 0. The largest absolute Gasteiger partial charge is 1.00 e. The maximum Gasteiger partial charge on any atom is 1.00 e. The van der Waals surface area contributed by atoms with Crippen LogP contribution in [0.1, 0.15) is 189 Å². The molecule has 0 aromatic heterocycles. The summed E-state index contributed by atoms with van der Waals surface area (Å²) in [6.45, 7) is 30.3. The van der Waals surface area contributed by atoms with Crippen molar-refractivity contribution in [2.24, 2.45) is 10.8 Å². The number of carboxylic acid groups (broad SMARTS) is 1. The number of cyclic esters (lactones) is 1. The van der Waals surface area contributed by atoms with Crippen molar-refractivity contribution in [1.82, 2.24) is 0 Å². The molecule has 0 saturated carbocycles. The number of carbonyl (C=O) groups excluding carboxylic acids is 2. The fraction of sp³-hybridized carbons (Fsp3) is 0.581. The zero-order valence-electron chi connectivity index (χ0n) is 46.9. The number of carbonyl (C=O) groups is 2. The van der Waals surface area contributed by atoms with Crippen LogP contribution in [-0.4, -0.2) is 64.9 Å². The van der Waals surface area contributed by atoms with Gasteiger partial charge in [-0.25, -0.2) is 0 Å². The molecule has 1 saturated heterocycles. The Kier molecular flexibility index (Phi) is 24.1. The zero-order valence-corrected chi connectivity index (χ0v) is 48.9. The quantitative estimate of drug-likeness (QED) is 0.0490. The Balaban J connectivity index is 0.000000375. The third-order valence-corrected chi connectivity index (χ3v) is 15.5. The third kappa shape index (κ3) is 16.7. The summed E-state index contributed by atoms with van der Waals surface area (Å²) in [4.78, 5) is 21.9. The van der Waals surface area contributed by atoms with Crippen molar-refractivity contribution in [1.29, 1.82) is 0 Å². The number of aryl methyl sites for hydroxylation is 6. The zero-order chi connectivity index (χ0) is 52.9. The van der Waals surface area contributed by atoms with Crippen LogP contribution in [0.5, 0.6) is 11.5 Å². The Hall–Kier alpha value is -3.70. The molecule has 4 aromatic rings. The van der Waals surface area contributed by atoms with Crippen molar-refractivity contribution < 1.29 is 73.8 Å². The van der Waals surface area contributed by atoms with Crippen molar-refractivity contribution in [2.75, 3.05) is 13.2 Å². The van der Waals surface area contributed by atoms with Gasteiger partial charge in [-0.2, -0.15) is 0 Å². The number of rotatable bonds is 23. The minimum atomic E-state index is -1.17. The van der Waals surface area contributed by atoms with Gasteiger partial charge in [-0.3, -0.25) is 4.79 Å². The SMILES string of the molecule is CCC(CC)(c1ccc(CCC(O)C(C)(C)C)c(C)c1)c1ccc(OC[C@H](O)CCC(=O)[O-])c(C)c1.CCC(CC)(c1ccc(CCC(O)C(C)(C)C)c(C)c1)c1ccc(OC[C@H]2CCC(=O)O2)c(C)c1.[Na+]. The average Bonchev–Trinajstić information content (AvgIpc) is 3.74. The van der Waals surface area contributed by atoms with Gasteiger partial charge in [0.15, 0.2) is 0 Å². The smallest absolute Gasteiger partial charge is 0.550 e. The summed E-state index contributed by atoms with van der Waals surface area (Å²) in [5.74, 6) is 0.238. The first-order valence-electron chi connectivity index (χ1n) is 26.4. The molecule has 1 aliphatic rings. The van der Waals surface area contributed by atoms with Crippen molar-refractivity contribution in [3.05, 3.63) is 128 Å². The normalized spacial score (nSPS) is 15.4. The number of aliphatic carboxylic acids is 1. The molecule has 0 radical (unpaired) electrons. The molecule has 0 spiro atoms. The van der Waals surface area contributed by atoms with Crippen molar-refractivity contribution >= 4 is 11.9 Å². The molecule has 4 aromatic carbocycles. The Morgan fingerprint density at radius 2 is 1.01 bits per heavy atom. The molecule has 1 aliphatic heterocycles. The van der Waals surface area contributed by atoms with Gasteiger partial charge < -0.3 is 39.4 Å². The molecule has 4 atom stereocenters. The third-order valence-electron chi connectivity index (χ3n) is 15.5. The predicted molar refractivity (Wildman–Crippen MR) is 285 cm³/mol. The minimum absolute atomic E-state index is 0. The number of aliphatic hydroxyl groups is 3. The number of ether oxygens (including phenoxy) is 3. The van der Waals surface area contributed by atoms with E-state index in [1.807, 2.05) is 13.0 Å². The average molecular weight is 1000 g/mol. The summed E-state index contributed by atoms with van der Waals surface area (Å²) < 4.78 is 17.1. The minimum Gasteiger partial charge on any atom is -0.550 e. The molecule has 392 valence electrons. The van der Waals surface area contributed by atoms with Gasteiger partial charge in [0, 0.05) is 23.2 Å². The monoisotopic (exact) mass is 1000 g/mol. The van der Waals surface area contributed by atoms with Crippen LogP contribution in [0, 0.1) is 38.5 Å². The second-order valence-corrected chi connectivity index (χ2v) is 22.5. The van der Waals surface area contributed by atoms with Crippen LogP contribution in [0.4, 0.5) is 0 Å². The maximum absolute atomic E-state index is 11.3. The van der Waals surface area contributed by atoms with Crippen LogP contribution in [0.3, 0.4) is 0 Å². The Morgan fingerprint density at radius 3 is 1.35 bits per heavy atom. The molecule has 1 fully saturated rings. The number of hydrogen-bond acceptors (Lipinski definition) is 9. The molecule has 9 nitrogen and oxygen atoms in total. The van der Waals surface area contributed by atoms with Crippen LogP contribution >= 0.6 is 0 Å². The summed E-state index contributed by atoms with van der Waals surface area (Å²) >= 11 is 0. The van der Waals surface area contributed by atoms with E-state index in [2.05, 4.69) is 157 Å². The Labute approximate surface area is 456 Å². The number of hydrogen-bond donors (Lipinski definition) is 3. The van der Waals surface area contributed by atoms with E-state index in [1.54, 1.807) is 0 Å². The molecular formula is C62H89NaO9. The fourth-order valence-electron chi connectivity index (χ4n) is 10.1. The van der Waals surface area contributed by atoms with Gasteiger partial charge in [0.05, 0.1) is 18.3 Å². The van der Waals surface area contributed by atoms with Gasteiger partial charge in [-0.1, -0.05) is 130 Å². The summed E-state index contributed by atoms with van der Waals surface area (Å²) in [6, 6.07) is 26.4. The van der Waals surface area contributed by atoms with Crippen molar-refractivity contribution in [2.45, 2.75) is 209 Å². The van der Waals surface area contributed by atoms with Gasteiger partial charge in [0.2, 0.25) is 0 Å². The van der Waals surface area contributed by atoms with Gasteiger partial charge in [-0.15, -0.1) is 0 Å². The molecule has 5 rings (SSSR count). The summed E-state index contributed by atoms with van der Waals surface area (Å²) in [5, 5.41) is 41.5. The fourth-order valence-corrected chi connectivity index (χ4v) is 10.1. The van der Waals surface area contributed by atoms with Gasteiger partial charge in [-0.05, 0) is 177 Å². The van der Waals surface area contributed by atoms with Crippen molar-refractivity contribution in [3.63, 3.8) is 0 Å². The molecule has 1 heterocycles. The molecular weight excluding hydrogens is 912 g/mol. The van der Waals surface area contributed by atoms with Gasteiger partial charge in [0.25, 0.3) is 0 Å². The second-order valence-electron chi connectivity index (χ2n) is 22.5. The molecule has 0 amide bonds. The molecule has 10 heteroatoms. The molecule has 3 N–H and O–H groups in total. The van der Waals surface area contributed by atoms with E-state index in [0.717, 1.165) is 74.7 Å². The van der Waals surface area contributed by atoms with Crippen LogP contribution in [0.25, 0.3) is 0 Å². The van der Waals surface area contributed by atoms with E-state index in [-0.39, 0.29) is 94.9 Å². The Bertz CT molecular complexity index is 2350. The van der Waals surface area contributed by atoms with E-state index in [1.165, 1.54) is 44.5 Å².